The van der Waals surface area contributed by atoms with Gasteiger partial charge in [-0.1, -0.05) is 39.8 Å². The molecule has 2 aliphatic rings. The summed E-state index contributed by atoms with van der Waals surface area (Å²) in [6.45, 7) is 9.21. The van der Waals surface area contributed by atoms with Crippen molar-refractivity contribution in [2.24, 2.45) is 10.8 Å². The Morgan fingerprint density at radius 2 is 1.02 bits per heavy atom. The third kappa shape index (κ3) is 6.54. The van der Waals surface area contributed by atoms with Crippen LogP contribution in [-0.4, -0.2) is 64.1 Å². The monoisotopic (exact) mass is 778 g/mol. The van der Waals surface area contributed by atoms with Crippen LogP contribution in [0.25, 0.3) is 0 Å². The van der Waals surface area contributed by atoms with Crippen molar-refractivity contribution >= 4 is 34.6 Å². The van der Waals surface area contributed by atoms with E-state index in [-0.39, 0.29) is 11.5 Å². The number of benzene rings is 2. The van der Waals surface area contributed by atoms with E-state index in [1.165, 1.54) is 49.0 Å². The molecule has 0 radical (unpaired) electrons. The van der Waals surface area contributed by atoms with Crippen molar-refractivity contribution in [1.29, 1.82) is 0 Å². The molecule has 54 heavy (non-hydrogen) atoms. The Balaban J connectivity index is 1.41. The molecule has 12 heteroatoms. The zero-order chi connectivity index (χ0) is 39.4. The first-order chi connectivity index (χ1) is 25.4. The van der Waals surface area contributed by atoms with Gasteiger partial charge in [-0.2, -0.15) is 0 Å². The molecule has 0 aliphatic heterocycles. The summed E-state index contributed by atoms with van der Waals surface area (Å²) in [7, 11) is 10.7. The van der Waals surface area contributed by atoms with Crippen LogP contribution in [-0.2, 0) is 56.2 Å². The molecule has 4 aromatic rings. The molecule has 0 amide bonds. The maximum atomic E-state index is 15.4. The molecule has 288 valence electrons. The average molecular weight is 779 g/mol. The first kappa shape index (κ1) is 39.6. The summed E-state index contributed by atoms with van der Waals surface area (Å²) in [5, 5.41) is 0. The summed E-state index contributed by atoms with van der Waals surface area (Å²) in [5.41, 5.74) is -1.90. The third-order valence-corrected chi connectivity index (χ3v) is 12.8. The van der Waals surface area contributed by atoms with Crippen LogP contribution >= 0.6 is 22.7 Å². The fraction of sp³-hybridized carbons (Fsp3) is 0.429. The number of hydrogen-bond acceptors (Lipinski definition) is 10. The number of rotatable bonds is 12. The Morgan fingerprint density at radius 3 is 1.35 bits per heavy atom. The highest BCUT2D eigenvalue weighted by Crippen LogP contribution is 2.62. The van der Waals surface area contributed by atoms with Crippen molar-refractivity contribution in [3.8, 4) is 11.5 Å². The Hall–Kier alpha value is -4.10. The third-order valence-electron chi connectivity index (χ3n) is 10.5. The predicted molar refractivity (Wildman–Crippen MR) is 207 cm³/mol. The summed E-state index contributed by atoms with van der Waals surface area (Å²) >= 11 is 2.96. The van der Waals surface area contributed by atoms with E-state index in [1.807, 2.05) is 90.0 Å². The average Bonchev–Trinajstić information content (AvgIpc) is 3.84. The standard InChI is InChI=1S/C42H48F2N2O6S2/c1-39(2)21-25-11-15-29(43)37(49-9)35(25)41(39,31-17-13-27(53-31)23-45(5)6)51-33(47)19-20-34(48)52-42(32-18-14-28(54-32)24-46(7)8)36-26(22-40(42,3)4)12-16-30(44)38(36)50-10/h11-20H,21-24H2,1-10H3/b20-19+. The molecular weight excluding hydrogens is 731 g/mol. The van der Waals surface area contributed by atoms with Gasteiger partial charge in [0.2, 0.25) is 0 Å². The van der Waals surface area contributed by atoms with Crippen LogP contribution in [0.1, 0.15) is 69.5 Å². The van der Waals surface area contributed by atoms with Crippen LogP contribution in [0.2, 0.25) is 0 Å². The van der Waals surface area contributed by atoms with E-state index in [2.05, 4.69) is 0 Å². The Morgan fingerprint density at radius 1 is 0.648 bits per heavy atom. The van der Waals surface area contributed by atoms with E-state index in [9.17, 15) is 9.59 Å². The number of methoxy groups -OCH3 is 2. The smallest absolute Gasteiger partial charge is 0.332 e. The highest BCUT2D eigenvalue weighted by molar-refractivity contribution is 7.12. The Kier molecular flexibility index (Phi) is 10.6. The number of carbonyl (C=O) groups excluding carboxylic acids is 2. The minimum absolute atomic E-state index is 0.00617. The zero-order valence-corrected chi connectivity index (χ0v) is 34.2. The Labute approximate surface area is 324 Å². The molecule has 2 aromatic carbocycles. The fourth-order valence-electron chi connectivity index (χ4n) is 8.37. The van der Waals surface area contributed by atoms with E-state index in [0.717, 1.165) is 33.0 Å². The van der Waals surface area contributed by atoms with Gasteiger partial charge in [-0.3, -0.25) is 0 Å². The number of ether oxygens (including phenoxy) is 4. The highest BCUT2D eigenvalue weighted by atomic mass is 32.1. The molecule has 2 aromatic heterocycles. The maximum absolute atomic E-state index is 15.4. The van der Waals surface area contributed by atoms with E-state index < -0.39 is 45.6 Å². The highest BCUT2D eigenvalue weighted by Gasteiger charge is 2.61. The van der Waals surface area contributed by atoms with E-state index >= 15 is 8.78 Å². The second-order valence-corrected chi connectivity index (χ2v) is 18.2. The lowest BCUT2D eigenvalue weighted by molar-refractivity contribution is -0.163. The fourth-order valence-corrected chi connectivity index (χ4v) is 11.2. The molecular formula is C42H48F2N2O6S2. The number of halogens is 2. The first-order valence-electron chi connectivity index (χ1n) is 17.7. The Bertz CT molecular complexity index is 1970. The molecule has 0 N–H and O–H groups in total. The van der Waals surface area contributed by atoms with Crippen LogP contribution in [0.15, 0.2) is 60.7 Å². The van der Waals surface area contributed by atoms with Gasteiger partial charge in [0.1, 0.15) is 0 Å². The second kappa shape index (κ2) is 14.5. The second-order valence-electron chi connectivity index (χ2n) is 15.9. The largest absolute Gasteiger partial charge is 0.493 e. The van der Waals surface area contributed by atoms with Gasteiger partial charge in [0.25, 0.3) is 0 Å². The van der Waals surface area contributed by atoms with Crippen molar-refractivity contribution in [3.05, 3.63) is 114 Å². The lowest BCUT2D eigenvalue weighted by Crippen LogP contribution is -2.44. The number of esters is 2. The lowest BCUT2D eigenvalue weighted by Gasteiger charge is -2.41. The summed E-state index contributed by atoms with van der Waals surface area (Å²) in [4.78, 5) is 35.7. The molecule has 0 spiro atoms. The summed E-state index contributed by atoms with van der Waals surface area (Å²) in [6, 6.07) is 13.9. The number of fused-ring (bicyclic) bond motifs is 2. The number of hydrogen-bond donors (Lipinski definition) is 0. The molecule has 0 saturated carbocycles. The van der Waals surface area contributed by atoms with Gasteiger partial charge in [-0.15, -0.1) is 22.7 Å². The van der Waals surface area contributed by atoms with Crippen molar-refractivity contribution in [1.82, 2.24) is 9.80 Å². The summed E-state index contributed by atoms with van der Waals surface area (Å²) in [5.74, 6) is -2.78. The van der Waals surface area contributed by atoms with Gasteiger partial charge in [0.05, 0.1) is 24.0 Å². The minimum Gasteiger partial charge on any atom is -0.493 e. The van der Waals surface area contributed by atoms with Gasteiger partial charge in [-0.25, -0.2) is 18.4 Å². The van der Waals surface area contributed by atoms with E-state index in [4.69, 9.17) is 18.9 Å². The molecule has 0 saturated heterocycles. The van der Waals surface area contributed by atoms with Gasteiger partial charge >= 0.3 is 11.9 Å². The van der Waals surface area contributed by atoms with Gasteiger partial charge in [-0.05, 0) is 88.6 Å². The molecule has 0 bridgehead atoms. The van der Waals surface area contributed by atoms with Crippen molar-refractivity contribution in [2.75, 3.05) is 42.4 Å². The maximum Gasteiger partial charge on any atom is 0.332 e. The van der Waals surface area contributed by atoms with Gasteiger partial charge in [0.15, 0.2) is 34.3 Å². The van der Waals surface area contributed by atoms with Crippen molar-refractivity contribution in [2.45, 2.75) is 64.8 Å². The molecule has 0 fully saturated rings. The molecule has 8 nitrogen and oxygen atoms in total. The summed E-state index contributed by atoms with van der Waals surface area (Å²) in [6.07, 6.45) is 3.04. The zero-order valence-electron chi connectivity index (χ0n) is 32.5. The van der Waals surface area contributed by atoms with E-state index in [0.29, 0.717) is 46.8 Å². The predicted octanol–water partition coefficient (Wildman–Crippen LogP) is 8.22. The lowest BCUT2D eigenvalue weighted by atomic mass is 9.74. The van der Waals surface area contributed by atoms with Crippen LogP contribution in [0.4, 0.5) is 8.78 Å². The normalized spacial score (nSPS) is 21.1. The van der Waals surface area contributed by atoms with E-state index in [1.54, 1.807) is 12.1 Å². The van der Waals surface area contributed by atoms with Gasteiger partial charge < -0.3 is 28.7 Å². The number of carbonyl (C=O) groups is 2. The van der Waals surface area contributed by atoms with Crippen LogP contribution in [0.5, 0.6) is 11.5 Å². The van der Waals surface area contributed by atoms with Crippen molar-refractivity contribution in [3.63, 3.8) is 0 Å². The number of thiophene rings is 2. The summed E-state index contributed by atoms with van der Waals surface area (Å²) < 4.78 is 55.1. The van der Waals surface area contributed by atoms with Crippen LogP contribution in [0, 0.1) is 22.5 Å². The van der Waals surface area contributed by atoms with Crippen molar-refractivity contribution < 1.29 is 37.3 Å². The number of nitrogens with zero attached hydrogens (tertiary/aromatic N) is 2. The first-order valence-corrected chi connectivity index (χ1v) is 19.4. The molecule has 2 heterocycles. The SMILES string of the molecule is COc1c(F)ccc2c1C(OC(=O)/C=C/C(=O)OC1(c3ccc(CN(C)C)s3)c3c(ccc(F)c3OC)CC1(C)C)(c1ccc(CN(C)C)s1)C(C)(C)C2. The molecule has 6 rings (SSSR count). The minimum atomic E-state index is -1.45. The molecule has 2 unspecified atom stereocenters. The quantitative estimate of drug-likeness (QED) is 0.105. The topological polar surface area (TPSA) is 77.5 Å². The van der Waals surface area contributed by atoms with Crippen LogP contribution < -0.4 is 9.47 Å². The van der Waals surface area contributed by atoms with Gasteiger partial charge in [0, 0.05) is 57.0 Å². The molecule has 2 aliphatic carbocycles. The van der Waals surface area contributed by atoms with Crippen LogP contribution in [0.3, 0.4) is 0 Å². The molecule has 2 atom stereocenters.